The average Bonchev–Trinajstić information content (AvgIpc) is 1.79. The van der Waals surface area contributed by atoms with Gasteiger partial charge in [-0.1, -0.05) is 34.6 Å². The van der Waals surface area contributed by atoms with Gasteiger partial charge in [0, 0.05) is 0 Å². The summed E-state index contributed by atoms with van der Waals surface area (Å²) in [6.45, 7) is 10.1. The Morgan fingerprint density at radius 2 is 1.64 bits per heavy atom. The van der Waals surface area contributed by atoms with Gasteiger partial charge in [0.15, 0.2) is 0 Å². The van der Waals surface area contributed by atoms with Crippen LogP contribution in [0.2, 0.25) is 0 Å². The van der Waals surface area contributed by atoms with Crippen LogP contribution in [-0.4, -0.2) is 15.4 Å². The van der Waals surface area contributed by atoms with Crippen LogP contribution in [0, 0.1) is 11.3 Å². The van der Waals surface area contributed by atoms with Crippen LogP contribution in [0.15, 0.2) is 0 Å². The van der Waals surface area contributed by atoms with E-state index >= 15 is 0 Å². The van der Waals surface area contributed by atoms with Crippen molar-refractivity contribution in [3.05, 3.63) is 0 Å². The molecule has 0 spiro atoms. The first kappa shape index (κ1) is 14.2. The van der Waals surface area contributed by atoms with E-state index in [1.165, 1.54) is 0 Å². The molecule has 0 saturated heterocycles. The highest BCUT2D eigenvalue weighted by molar-refractivity contribution is 7.52. The highest BCUT2D eigenvalue weighted by Crippen LogP contribution is 2.44. The minimum atomic E-state index is -3.88. The summed E-state index contributed by atoms with van der Waals surface area (Å²) in [6, 6.07) is 0. The first-order chi connectivity index (χ1) is 6.02. The van der Waals surface area contributed by atoms with Crippen LogP contribution in [-0.2, 0) is 4.57 Å². The highest BCUT2D eigenvalue weighted by Gasteiger charge is 2.27. The molecule has 0 heterocycles. The molecule has 0 fully saturated rings. The standard InChI is InChI=1S/C10H23O3P/c1-8(7-10(3,4)5)6-9(2)14(11,12)13/h8-9H,6-7H2,1-5H3,(H2,11,12,13). The fraction of sp³-hybridized carbons (Fsp3) is 1.00. The summed E-state index contributed by atoms with van der Waals surface area (Å²) < 4.78 is 10.9. The van der Waals surface area contributed by atoms with Gasteiger partial charge in [-0.3, -0.25) is 4.57 Å². The Hall–Kier alpha value is 0.150. The van der Waals surface area contributed by atoms with E-state index in [0.717, 1.165) is 6.42 Å². The molecular formula is C10H23O3P. The van der Waals surface area contributed by atoms with Crippen molar-refractivity contribution in [2.75, 3.05) is 0 Å². The van der Waals surface area contributed by atoms with Crippen LogP contribution in [0.5, 0.6) is 0 Å². The monoisotopic (exact) mass is 222 g/mol. The number of hydrogen-bond acceptors (Lipinski definition) is 1. The topological polar surface area (TPSA) is 57.5 Å². The summed E-state index contributed by atoms with van der Waals surface area (Å²) in [5.74, 6) is 0.359. The maximum absolute atomic E-state index is 10.9. The molecule has 2 N–H and O–H groups in total. The third-order valence-electron chi connectivity index (χ3n) is 2.28. The maximum atomic E-state index is 10.9. The third kappa shape index (κ3) is 6.58. The molecule has 2 unspecified atom stereocenters. The van der Waals surface area contributed by atoms with Crippen molar-refractivity contribution in [3.8, 4) is 0 Å². The lowest BCUT2D eigenvalue weighted by molar-refractivity contribution is 0.285. The smallest absolute Gasteiger partial charge is 0.324 e. The number of rotatable bonds is 4. The molecule has 0 aromatic rings. The van der Waals surface area contributed by atoms with E-state index in [2.05, 4.69) is 27.7 Å². The summed E-state index contributed by atoms with van der Waals surface area (Å²) in [4.78, 5) is 17.9. The molecule has 14 heavy (non-hydrogen) atoms. The zero-order chi connectivity index (χ0) is 11.6. The van der Waals surface area contributed by atoms with Gasteiger partial charge < -0.3 is 9.79 Å². The minimum Gasteiger partial charge on any atom is -0.324 e. The highest BCUT2D eigenvalue weighted by atomic mass is 31.2. The molecule has 4 heteroatoms. The van der Waals surface area contributed by atoms with Crippen LogP contribution >= 0.6 is 7.60 Å². The Labute approximate surface area is 87.1 Å². The lowest BCUT2D eigenvalue weighted by atomic mass is 9.84. The van der Waals surface area contributed by atoms with Crippen molar-refractivity contribution in [2.45, 2.75) is 53.1 Å². The Kier molecular flexibility index (Phi) is 4.83. The number of hydrogen-bond donors (Lipinski definition) is 2. The fourth-order valence-electron chi connectivity index (χ4n) is 1.85. The van der Waals surface area contributed by atoms with Crippen LogP contribution in [0.4, 0.5) is 0 Å². The summed E-state index contributed by atoms with van der Waals surface area (Å²) in [5, 5.41) is 0. The molecule has 0 bridgehead atoms. The maximum Gasteiger partial charge on any atom is 0.328 e. The zero-order valence-electron chi connectivity index (χ0n) is 9.82. The summed E-state index contributed by atoms with van der Waals surface area (Å²) in [7, 11) is -3.88. The molecular weight excluding hydrogens is 199 g/mol. The fourth-order valence-corrected chi connectivity index (χ4v) is 2.48. The second-order valence-corrected chi connectivity index (χ2v) is 7.60. The molecule has 0 aromatic carbocycles. The van der Waals surface area contributed by atoms with Crippen LogP contribution in [0.25, 0.3) is 0 Å². The molecule has 0 radical (unpaired) electrons. The molecule has 86 valence electrons. The Bertz CT molecular complexity index is 214. The average molecular weight is 222 g/mol. The molecule has 0 aromatic heterocycles. The Morgan fingerprint density at radius 1 is 1.21 bits per heavy atom. The van der Waals surface area contributed by atoms with Gasteiger partial charge in [0.05, 0.1) is 5.66 Å². The molecule has 3 nitrogen and oxygen atoms in total. The second kappa shape index (κ2) is 4.78. The van der Waals surface area contributed by atoms with Gasteiger partial charge in [0.25, 0.3) is 0 Å². The van der Waals surface area contributed by atoms with Crippen LogP contribution in [0.1, 0.15) is 47.5 Å². The molecule has 0 aliphatic carbocycles. The van der Waals surface area contributed by atoms with E-state index in [1.807, 2.05) is 0 Å². The van der Waals surface area contributed by atoms with Crippen molar-refractivity contribution in [1.29, 1.82) is 0 Å². The first-order valence-electron chi connectivity index (χ1n) is 5.07. The molecule has 0 amide bonds. The van der Waals surface area contributed by atoms with Crippen molar-refractivity contribution in [1.82, 2.24) is 0 Å². The predicted octanol–water partition coefficient (Wildman–Crippen LogP) is 3.02. The van der Waals surface area contributed by atoms with Crippen molar-refractivity contribution in [3.63, 3.8) is 0 Å². The zero-order valence-corrected chi connectivity index (χ0v) is 10.7. The Morgan fingerprint density at radius 3 is 1.93 bits per heavy atom. The SMILES string of the molecule is CC(CC(C)P(=O)(O)O)CC(C)(C)C. The van der Waals surface area contributed by atoms with E-state index in [4.69, 9.17) is 9.79 Å². The molecule has 0 aliphatic heterocycles. The summed E-state index contributed by atoms with van der Waals surface area (Å²) in [6.07, 6.45) is 1.60. The van der Waals surface area contributed by atoms with Gasteiger partial charge in [-0.15, -0.1) is 0 Å². The largest absolute Gasteiger partial charge is 0.328 e. The first-order valence-corrected chi connectivity index (χ1v) is 6.76. The van der Waals surface area contributed by atoms with Gasteiger partial charge in [-0.05, 0) is 24.2 Å². The normalized spacial score (nSPS) is 17.9. The van der Waals surface area contributed by atoms with Crippen molar-refractivity contribution < 1.29 is 14.4 Å². The third-order valence-corrected chi connectivity index (χ3v) is 3.64. The summed E-state index contributed by atoms with van der Waals surface area (Å²) in [5.41, 5.74) is -0.284. The molecule has 0 aliphatic rings. The Balaban J connectivity index is 4.08. The van der Waals surface area contributed by atoms with Gasteiger partial charge in [-0.2, -0.15) is 0 Å². The summed E-state index contributed by atoms with van der Waals surface area (Å²) >= 11 is 0. The van der Waals surface area contributed by atoms with E-state index in [1.54, 1.807) is 6.92 Å². The van der Waals surface area contributed by atoms with E-state index in [0.29, 0.717) is 12.3 Å². The molecule has 0 rings (SSSR count). The lowest BCUT2D eigenvalue weighted by Crippen LogP contribution is -2.15. The van der Waals surface area contributed by atoms with Gasteiger partial charge in [0.2, 0.25) is 0 Å². The van der Waals surface area contributed by atoms with E-state index < -0.39 is 13.3 Å². The lowest BCUT2D eigenvalue weighted by Gasteiger charge is -2.25. The second-order valence-electron chi connectivity index (χ2n) is 5.54. The quantitative estimate of drug-likeness (QED) is 0.719. The van der Waals surface area contributed by atoms with Crippen LogP contribution in [0.3, 0.4) is 0 Å². The van der Waals surface area contributed by atoms with Gasteiger partial charge in [0.1, 0.15) is 0 Å². The van der Waals surface area contributed by atoms with Gasteiger partial charge in [-0.25, -0.2) is 0 Å². The van der Waals surface area contributed by atoms with Crippen LogP contribution < -0.4 is 0 Å². The minimum absolute atomic E-state index is 0.230. The van der Waals surface area contributed by atoms with E-state index in [9.17, 15) is 4.57 Å². The van der Waals surface area contributed by atoms with Crippen molar-refractivity contribution in [2.24, 2.45) is 11.3 Å². The van der Waals surface area contributed by atoms with Crippen molar-refractivity contribution >= 4 is 7.60 Å². The molecule has 0 saturated carbocycles. The predicted molar refractivity (Wildman–Crippen MR) is 59.4 cm³/mol. The van der Waals surface area contributed by atoms with E-state index in [-0.39, 0.29) is 5.41 Å². The molecule has 2 atom stereocenters. The van der Waals surface area contributed by atoms with Gasteiger partial charge >= 0.3 is 7.60 Å².